The van der Waals surface area contributed by atoms with E-state index in [4.69, 9.17) is 4.74 Å². The Morgan fingerprint density at radius 1 is 0.364 bits per heavy atom. The summed E-state index contributed by atoms with van der Waals surface area (Å²) in [4.78, 5) is 24.6. The molecule has 2 atom stereocenters. The number of esters is 1. The molecule has 0 spiro atoms. The highest BCUT2D eigenvalue weighted by Crippen LogP contribution is 2.19. The molecule has 6 heteroatoms. The zero-order chi connectivity index (χ0) is 55.7. The number of unbranched alkanes of at least 4 members (excludes halogenated alkanes) is 51. The Balaban J connectivity index is 3.40. The molecular weight excluding hydrogens is 947 g/mol. The van der Waals surface area contributed by atoms with Gasteiger partial charge in [0.05, 0.1) is 25.4 Å². The zero-order valence-electron chi connectivity index (χ0n) is 52.2. The molecule has 77 heavy (non-hydrogen) atoms. The summed E-state index contributed by atoms with van der Waals surface area (Å²) in [7, 11) is 0. The van der Waals surface area contributed by atoms with Crippen LogP contribution in [-0.2, 0) is 14.3 Å². The smallest absolute Gasteiger partial charge is 0.305 e. The minimum Gasteiger partial charge on any atom is -0.466 e. The number of rotatable bonds is 66. The number of aliphatic hydroxyl groups is 2. The number of ether oxygens (including phenoxy) is 1. The molecule has 0 aliphatic carbocycles. The minimum absolute atomic E-state index is 0.0146. The van der Waals surface area contributed by atoms with Crippen molar-refractivity contribution in [1.29, 1.82) is 0 Å². The Kier molecular flexibility index (Phi) is 65.4. The predicted octanol–water partition coefficient (Wildman–Crippen LogP) is 22.5. The van der Waals surface area contributed by atoms with E-state index < -0.39 is 12.1 Å². The summed E-state index contributed by atoms with van der Waals surface area (Å²) in [6.07, 6.45) is 83.6. The van der Waals surface area contributed by atoms with Crippen LogP contribution in [0.3, 0.4) is 0 Å². The summed E-state index contributed by atoms with van der Waals surface area (Å²) < 4.78 is 5.51. The van der Waals surface area contributed by atoms with Crippen molar-refractivity contribution >= 4 is 11.9 Å². The first-order chi connectivity index (χ1) is 38.0. The molecule has 0 radical (unpaired) electrons. The molecule has 456 valence electrons. The van der Waals surface area contributed by atoms with Gasteiger partial charge in [-0.1, -0.05) is 346 Å². The Morgan fingerprint density at radius 3 is 0.987 bits per heavy atom. The van der Waals surface area contributed by atoms with Gasteiger partial charge in [-0.05, 0) is 57.8 Å². The minimum atomic E-state index is -0.668. The number of hydrogen-bond acceptors (Lipinski definition) is 5. The van der Waals surface area contributed by atoms with Crippen molar-refractivity contribution in [2.75, 3.05) is 13.2 Å². The van der Waals surface area contributed by atoms with Crippen LogP contribution < -0.4 is 5.32 Å². The highest BCUT2D eigenvalue weighted by molar-refractivity contribution is 5.76. The van der Waals surface area contributed by atoms with Gasteiger partial charge in [-0.15, -0.1) is 0 Å². The first-order valence-corrected chi connectivity index (χ1v) is 35.1. The summed E-state index contributed by atoms with van der Waals surface area (Å²) in [5, 5.41) is 23.3. The fourth-order valence-electron chi connectivity index (χ4n) is 11.1. The van der Waals surface area contributed by atoms with Gasteiger partial charge in [0, 0.05) is 12.8 Å². The number of amides is 1. The zero-order valence-corrected chi connectivity index (χ0v) is 52.2. The van der Waals surface area contributed by atoms with Gasteiger partial charge in [-0.3, -0.25) is 9.59 Å². The van der Waals surface area contributed by atoms with Gasteiger partial charge in [0.2, 0.25) is 5.91 Å². The maximum absolute atomic E-state index is 12.5. The van der Waals surface area contributed by atoms with Gasteiger partial charge in [0.15, 0.2) is 0 Å². The lowest BCUT2D eigenvalue weighted by molar-refractivity contribution is -0.143. The topological polar surface area (TPSA) is 95.9 Å². The molecule has 0 aliphatic rings. The predicted molar refractivity (Wildman–Crippen MR) is 338 cm³/mol. The van der Waals surface area contributed by atoms with E-state index in [0.717, 1.165) is 44.9 Å². The van der Waals surface area contributed by atoms with Crippen molar-refractivity contribution in [1.82, 2.24) is 5.32 Å². The van der Waals surface area contributed by atoms with Crippen LogP contribution in [0.2, 0.25) is 0 Å². The van der Waals surface area contributed by atoms with Gasteiger partial charge in [0.1, 0.15) is 0 Å². The summed E-state index contributed by atoms with van der Waals surface area (Å²) in [6, 6.07) is -0.546. The van der Waals surface area contributed by atoms with E-state index in [1.54, 1.807) is 0 Å². The van der Waals surface area contributed by atoms with Crippen molar-refractivity contribution in [3.8, 4) is 0 Å². The molecular formula is C71H137NO5. The third-order valence-electron chi connectivity index (χ3n) is 16.5. The maximum atomic E-state index is 12.5. The molecule has 0 aromatic carbocycles. The number of nitrogens with one attached hydrogen (secondary N) is 1. The normalized spacial score (nSPS) is 12.6. The van der Waals surface area contributed by atoms with E-state index in [-0.39, 0.29) is 18.5 Å². The highest BCUT2D eigenvalue weighted by atomic mass is 16.5. The number of allylic oxidation sites excluding steroid dienone is 4. The van der Waals surface area contributed by atoms with Gasteiger partial charge >= 0.3 is 5.97 Å². The fraction of sp³-hybridized carbons (Fsp3) is 0.915. The lowest BCUT2D eigenvalue weighted by atomic mass is 10.0. The molecule has 0 heterocycles. The molecule has 0 aliphatic heterocycles. The Labute approximate surface area is 481 Å². The van der Waals surface area contributed by atoms with Crippen molar-refractivity contribution < 1.29 is 24.5 Å². The first-order valence-electron chi connectivity index (χ1n) is 35.1. The van der Waals surface area contributed by atoms with Gasteiger partial charge in [0.25, 0.3) is 0 Å². The lowest BCUT2D eigenvalue weighted by Gasteiger charge is -2.22. The van der Waals surface area contributed by atoms with E-state index in [9.17, 15) is 19.8 Å². The lowest BCUT2D eigenvalue weighted by Crippen LogP contribution is -2.45. The van der Waals surface area contributed by atoms with Crippen molar-refractivity contribution in [2.45, 2.75) is 405 Å². The standard InChI is InChI=1S/C71H137NO5/c1-3-5-7-9-11-13-15-17-19-21-29-33-37-41-45-49-53-57-61-65-71(76)77-66-62-58-54-50-46-42-38-34-31-28-26-24-22-23-25-27-30-32-36-40-44-48-52-56-60-64-70(75)72-68(67-73)69(74)63-59-55-51-47-43-39-35-20-18-16-14-12-10-8-6-4-2/h23-26,68-69,73-74H,3-22,27-67H2,1-2H3,(H,72,75)/b25-23-,26-24-. The Morgan fingerprint density at radius 2 is 0.649 bits per heavy atom. The molecule has 2 unspecified atom stereocenters. The van der Waals surface area contributed by atoms with Crippen molar-refractivity contribution in [3.63, 3.8) is 0 Å². The number of carbonyl (C=O) groups excluding carboxylic acids is 2. The number of carbonyl (C=O) groups is 2. The van der Waals surface area contributed by atoms with E-state index >= 15 is 0 Å². The molecule has 0 aromatic heterocycles. The van der Waals surface area contributed by atoms with Gasteiger partial charge in [-0.2, -0.15) is 0 Å². The molecule has 3 N–H and O–H groups in total. The monoisotopic (exact) mass is 1080 g/mol. The van der Waals surface area contributed by atoms with Crippen molar-refractivity contribution in [3.05, 3.63) is 24.3 Å². The SMILES string of the molecule is CCCCCCCCCCCCCCCCCCCCCC(=O)OCCCCCCCCCCC/C=C\C/C=C\CCCCCCCCCCCC(=O)NC(CO)C(O)CCCCCCCCCCCCCCCCCC. The van der Waals surface area contributed by atoms with E-state index in [0.29, 0.717) is 25.9 Å². The molecule has 6 nitrogen and oxygen atoms in total. The van der Waals surface area contributed by atoms with Crippen LogP contribution in [0, 0.1) is 0 Å². The third kappa shape index (κ3) is 63.4. The quantitative estimate of drug-likeness (QED) is 0.0320. The molecule has 0 rings (SSSR count). The van der Waals surface area contributed by atoms with Crippen LogP contribution in [0.1, 0.15) is 393 Å². The largest absolute Gasteiger partial charge is 0.466 e. The molecule has 0 fully saturated rings. The second kappa shape index (κ2) is 66.8. The van der Waals surface area contributed by atoms with Crippen molar-refractivity contribution in [2.24, 2.45) is 0 Å². The Hall–Kier alpha value is -1.66. The van der Waals surface area contributed by atoms with E-state index in [1.165, 1.54) is 315 Å². The summed E-state index contributed by atoms with van der Waals surface area (Å²) >= 11 is 0. The van der Waals surface area contributed by atoms with Crippen LogP contribution in [0.5, 0.6) is 0 Å². The third-order valence-corrected chi connectivity index (χ3v) is 16.5. The van der Waals surface area contributed by atoms with Crippen LogP contribution in [0.4, 0.5) is 0 Å². The second-order valence-electron chi connectivity index (χ2n) is 24.2. The van der Waals surface area contributed by atoms with Gasteiger partial charge < -0.3 is 20.3 Å². The van der Waals surface area contributed by atoms with Crippen LogP contribution in [0.15, 0.2) is 24.3 Å². The van der Waals surface area contributed by atoms with E-state index in [2.05, 4.69) is 43.5 Å². The van der Waals surface area contributed by atoms with Crippen LogP contribution >= 0.6 is 0 Å². The fourth-order valence-corrected chi connectivity index (χ4v) is 11.1. The molecule has 0 saturated heterocycles. The van der Waals surface area contributed by atoms with Crippen LogP contribution in [0.25, 0.3) is 0 Å². The summed E-state index contributed by atoms with van der Waals surface area (Å²) in [5.74, 6) is -0.0236. The Bertz CT molecular complexity index is 1200. The average Bonchev–Trinajstić information content (AvgIpc) is 3.43. The summed E-state index contributed by atoms with van der Waals surface area (Å²) in [5.41, 5.74) is 0. The molecule has 0 bridgehead atoms. The van der Waals surface area contributed by atoms with Gasteiger partial charge in [-0.25, -0.2) is 0 Å². The molecule has 0 aromatic rings. The first kappa shape index (κ1) is 75.3. The number of hydrogen-bond donors (Lipinski definition) is 3. The van der Waals surface area contributed by atoms with Crippen LogP contribution in [-0.4, -0.2) is 47.4 Å². The maximum Gasteiger partial charge on any atom is 0.305 e. The molecule has 1 amide bonds. The average molecular weight is 1080 g/mol. The molecule has 0 saturated carbocycles. The second-order valence-corrected chi connectivity index (χ2v) is 24.2. The summed E-state index contributed by atoms with van der Waals surface area (Å²) in [6.45, 7) is 4.99. The van der Waals surface area contributed by atoms with E-state index in [1.807, 2.05) is 0 Å². The highest BCUT2D eigenvalue weighted by Gasteiger charge is 2.20. The number of aliphatic hydroxyl groups excluding tert-OH is 2.